The molecule has 0 heterocycles. The van der Waals surface area contributed by atoms with Crippen LogP contribution in [0.25, 0.3) is 0 Å². The van der Waals surface area contributed by atoms with Gasteiger partial charge in [0.25, 0.3) is 0 Å². The van der Waals surface area contributed by atoms with Crippen molar-refractivity contribution in [3.8, 4) is 0 Å². The Labute approximate surface area is 139 Å². The Morgan fingerprint density at radius 3 is 1.19 bits per heavy atom. The second-order valence-electron chi connectivity index (χ2n) is 3.83. The molecule has 0 aliphatic carbocycles. The Bertz CT molecular complexity index is 569. The van der Waals surface area contributed by atoms with Gasteiger partial charge in [-0.05, 0) is 48.5 Å². The number of carbonyl (C=O) groups is 2. The Balaban J connectivity index is 0.00000220. The van der Waals surface area contributed by atoms with Gasteiger partial charge in [-0.3, -0.25) is 0 Å². The first-order valence-corrected chi connectivity index (χ1v) is 7.72. The number of rotatable bonds is 5. The van der Waals surface area contributed by atoms with E-state index in [0.29, 0.717) is 0 Å². The molecular formula is C14H10NiO4S2. The molecule has 0 aliphatic rings. The average molecular weight is 365 g/mol. The molecule has 0 bridgehead atoms. The van der Waals surface area contributed by atoms with E-state index < -0.39 is 11.9 Å². The minimum Gasteiger partial charge on any atom is -0.478 e. The molecule has 0 spiro atoms. The van der Waals surface area contributed by atoms with Crippen molar-refractivity contribution in [2.45, 2.75) is 9.79 Å². The van der Waals surface area contributed by atoms with Gasteiger partial charge in [0, 0.05) is 26.3 Å². The third-order valence-electron chi connectivity index (χ3n) is 2.44. The Morgan fingerprint density at radius 2 is 0.952 bits per heavy atom. The van der Waals surface area contributed by atoms with Crippen molar-refractivity contribution in [2.75, 3.05) is 0 Å². The van der Waals surface area contributed by atoms with E-state index in [1.807, 2.05) is 0 Å². The van der Waals surface area contributed by atoms with Gasteiger partial charge in [-0.15, -0.1) is 0 Å². The fraction of sp³-hybridized carbons (Fsp3) is 0. The molecule has 21 heavy (non-hydrogen) atoms. The van der Waals surface area contributed by atoms with Crippen molar-refractivity contribution in [1.29, 1.82) is 0 Å². The number of hydrogen-bond acceptors (Lipinski definition) is 4. The molecule has 2 rings (SSSR count). The first-order valence-electron chi connectivity index (χ1n) is 5.57. The summed E-state index contributed by atoms with van der Waals surface area (Å²) in [5.41, 5.74) is 0.510. The summed E-state index contributed by atoms with van der Waals surface area (Å²) in [7, 11) is 2.97. The summed E-state index contributed by atoms with van der Waals surface area (Å²) in [6.07, 6.45) is 0. The maximum atomic E-state index is 10.7. The minimum absolute atomic E-state index is 0. The summed E-state index contributed by atoms with van der Waals surface area (Å²) in [4.78, 5) is 23.3. The third-order valence-corrected chi connectivity index (χ3v) is 4.85. The molecule has 112 valence electrons. The van der Waals surface area contributed by atoms with Crippen LogP contribution in [0.1, 0.15) is 20.7 Å². The zero-order valence-electron chi connectivity index (χ0n) is 10.5. The first kappa shape index (κ1) is 17.6. The third kappa shape index (κ3) is 5.12. The van der Waals surface area contributed by atoms with E-state index in [2.05, 4.69) is 0 Å². The number of benzene rings is 2. The molecule has 0 saturated carbocycles. The molecule has 0 radical (unpaired) electrons. The van der Waals surface area contributed by atoms with Crippen LogP contribution in [-0.4, -0.2) is 22.2 Å². The summed E-state index contributed by atoms with van der Waals surface area (Å²) < 4.78 is 0. The summed E-state index contributed by atoms with van der Waals surface area (Å²) in [6, 6.07) is 13.2. The Hall–Kier alpha value is -1.43. The van der Waals surface area contributed by atoms with Crippen LogP contribution in [0.15, 0.2) is 58.3 Å². The molecule has 0 atom stereocenters. The molecule has 0 aromatic heterocycles. The van der Waals surface area contributed by atoms with E-state index >= 15 is 0 Å². The molecule has 4 nitrogen and oxygen atoms in total. The van der Waals surface area contributed by atoms with E-state index in [1.165, 1.54) is 21.6 Å². The summed E-state index contributed by atoms with van der Waals surface area (Å²) >= 11 is 0. The van der Waals surface area contributed by atoms with E-state index in [9.17, 15) is 9.59 Å². The zero-order valence-corrected chi connectivity index (χ0v) is 13.1. The molecule has 2 aromatic rings. The largest absolute Gasteiger partial charge is 0.478 e. The first-order chi connectivity index (χ1) is 9.56. The molecule has 2 N–H and O–H groups in total. The maximum absolute atomic E-state index is 10.7. The average Bonchev–Trinajstić information content (AvgIpc) is 2.46. The summed E-state index contributed by atoms with van der Waals surface area (Å²) in [5, 5.41) is 17.6. The van der Waals surface area contributed by atoms with Crippen LogP contribution < -0.4 is 0 Å². The van der Waals surface area contributed by atoms with Crippen molar-refractivity contribution < 1.29 is 36.3 Å². The predicted octanol–water partition coefficient (Wildman–Crippen LogP) is 3.88. The molecule has 0 fully saturated rings. The van der Waals surface area contributed by atoms with E-state index in [-0.39, 0.29) is 27.6 Å². The number of aromatic carboxylic acids is 2. The number of carboxylic acid groups (broad SMARTS) is 2. The zero-order chi connectivity index (χ0) is 14.5. The van der Waals surface area contributed by atoms with E-state index in [1.54, 1.807) is 48.5 Å². The number of carboxylic acids is 2. The summed E-state index contributed by atoms with van der Waals surface area (Å²) in [5.74, 6) is -1.89. The molecule has 0 aliphatic heterocycles. The summed E-state index contributed by atoms with van der Waals surface area (Å²) in [6.45, 7) is 0. The molecule has 0 saturated heterocycles. The smallest absolute Gasteiger partial charge is 0.335 e. The van der Waals surface area contributed by atoms with Gasteiger partial charge in [0.2, 0.25) is 0 Å². The van der Waals surface area contributed by atoms with Crippen LogP contribution in [-0.2, 0) is 16.5 Å². The molecule has 0 unspecified atom stereocenters. The quantitative estimate of drug-likeness (QED) is 0.619. The van der Waals surface area contributed by atoms with Gasteiger partial charge < -0.3 is 10.2 Å². The molecule has 7 heteroatoms. The van der Waals surface area contributed by atoms with Crippen LogP contribution in [0.2, 0.25) is 0 Å². The Morgan fingerprint density at radius 1 is 0.667 bits per heavy atom. The monoisotopic (exact) mass is 364 g/mol. The standard InChI is InChI=1S/C14H10O4S2.Ni/c15-13(16)9-1-5-11(6-2-9)19-20-12-7-3-10(4-8-12)14(17)18;/h1-8H,(H,15,16)(H,17,18);. The fourth-order valence-corrected chi connectivity index (χ4v) is 3.33. The van der Waals surface area contributed by atoms with Gasteiger partial charge in [0.15, 0.2) is 0 Å². The predicted molar refractivity (Wildman–Crippen MR) is 78.5 cm³/mol. The van der Waals surface area contributed by atoms with E-state index in [0.717, 1.165) is 9.79 Å². The fourth-order valence-electron chi connectivity index (χ4n) is 1.40. The maximum Gasteiger partial charge on any atom is 0.335 e. The van der Waals surface area contributed by atoms with Gasteiger partial charge in [0.05, 0.1) is 11.1 Å². The second-order valence-corrected chi connectivity index (χ2v) is 6.10. The second kappa shape index (κ2) is 8.12. The van der Waals surface area contributed by atoms with E-state index in [4.69, 9.17) is 10.2 Å². The van der Waals surface area contributed by atoms with Crippen molar-refractivity contribution in [3.05, 3.63) is 59.7 Å². The van der Waals surface area contributed by atoms with Crippen LogP contribution in [0.3, 0.4) is 0 Å². The minimum atomic E-state index is -0.946. The van der Waals surface area contributed by atoms with Gasteiger partial charge in [-0.2, -0.15) is 0 Å². The van der Waals surface area contributed by atoms with Crippen molar-refractivity contribution in [1.82, 2.24) is 0 Å². The molecule has 0 amide bonds. The van der Waals surface area contributed by atoms with Gasteiger partial charge in [0.1, 0.15) is 0 Å². The van der Waals surface area contributed by atoms with Crippen LogP contribution >= 0.6 is 21.6 Å². The van der Waals surface area contributed by atoms with Crippen LogP contribution in [0.5, 0.6) is 0 Å². The SMILES string of the molecule is O=C(O)c1ccc(SSc2ccc(C(=O)O)cc2)cc1.[Ni]. The van der Waals surface area contributed by atoms with Gasteiger partial charge >= 0.3 is 11.9 Å². The van der Waals surface area contributed by atoms with Gasteiger partial charge in [-0.1, -0.05) is 21.6 Å². The van der Waals surface area contributed by atoms with Crippen molar-refractivity contribution >= 4 is 33.5 Å². The van der Waals surface area contributed by atoms with Crippen molar-refractivity contribution in [2.24, 2.45) is 0 Å². The number of hydrogen-bond donors (Lipinski definition) is 2. The topological polar surface area (TPSA) is 74.6 Å². The normalized spacial score (nSPS) is 9.71. The van der Waals surface area contributed by atoms with Gasteiger partial charge in [-0.25, -0.2) is 9.59 Å². The molecule has 2 aromatic carbocycles. The van der Waals surface area contributed by atoms with Crippen molar-refractivity contribution in [3.63, 3.8) is 0 Å². The molecular weight excluding hydrogens is 355 g/mol. The van der Waals surface area contributed by atoms with Crippen LogP contribution in [0, 0.1) is 0 Å². The van der Waals surface area contributed by atoms with Crippen LogP contribution in [0.4, 0.5) is 0 Å². The Kier molecular flexibility index (Phi) is 6.82.